The second kappa shape index (κ2) is 9.98. The van der Waals surface area contributed by atoms with Crippen molar-refractivity contribution in [1.82, 2.24) is 15.0 Å². The summed E-state index contributed by atoms with van der Waals surface area (Å²) in [5.41, 5.74) is 4.21. The highest BCUT2D eigenvalue weighted by molar-refractivity contribution is 5.85. The van der Waals surface area contributed by atoms with Crippen LogP contribution in [0.25, 0.3) is 11.1 Å². The fraction of sp³-hybridized carbons (Fsp3) is 0.464. The Morgan fingerprint density at radius 2 is 1.87 bits per heavy atom. The van der Waals surface area contributed by atoms with E-state index in [2.05, 4.69) is 19.9 Å². The Morgan fingerprint density at radius 3 is 2.55 bits per heavy atom. The van der Waals surface area contributed by atoms with Crippen molar-refractivity contribution in [3.63, 3.8) is 0 Å². The summed E-state index contributed by atoms with van der Waals surface area (Å²) in [4.78, 5) is 26.0. The van der Waals surface area contributed by atoms with Gasteiger partial charge in [0.15, 0.2) is 5.69 Å². The van der Waals surface area contributed by atoms with Gasteiger partial charge in [0.25, 0.3) is 0 Å². The molecule has 0 spiro atoms. The minimum absolute atomic E-state index is 0.00830. The molecule has 6 rings (SSSR count). The highest BCUT2D eigenvalue weighted by atomic mass is 19.3. The molecule has 3 fully saturated rings. The zero-order valence-corrected chi connectivity index (χ0v) is 21.1. The molecule has 2 N–H and O–H groups in total. The van der Waals surface area contributed by atoms with Gasteiger partial charge in [0, 0.05) is 46.4 Å². The first-order valence-corrected chi connectivity index (χ1v) is 13.1. The van der Waals surface area contributed by atoms with Crippen LogP contribution in [-0.2, 0) is 11.3 Å². The molecule has 38 heavy (non-hydrogen) atoms. The lowest BCUT2D eigenvalue weighted by Gasteiger charge is -2.39. The van der Waals surface area contributed by atoms with Crippen LogP contribution in [0.2, 0.25) is 0 Å². The molecule has 2 bridgehead atoms. The number of nitrogens with one attached hydrogen (secondary N) is 1. The summed E-state index contributed by atoms with van der Waals surface area (Å²) < 4.78 is 37.5. The second-order valence-electron chi connectivity index (χ2n) is 10.4. The molecule has 2 aromatic heterocycles. The summed E-state index contributed by atoms with van der Waals surface area (Å²) in [5.74, 6) is 0.00494. The average molecular weight is 525 g/mol. The Kier molecular flexibility index (Phi) is 6.51. The predicted molar refractivity (Wildman–Crippen MR) is 136 cm³/mol. The van der Waals surface area contributed by atoms with Crippen molar-refractivity contribution < 1.29 is 28.2 Å². The summed E-state index contributed by atoms with van der Waals surface area (Å²) in [5, 5.41) is 9.44. The molecular formula is C28H30F2N4O4. The Balaban J connectivity index is 1.21. The van der Waals surface area contributed by atoms with Gasteiger partial charge in [-0.05, 0) is 63.5 Å². The number of fused-ring (bicyclic) bond motifs is 2. The number of anilines is 1. The van der Waals surface area contributed by atoms with Crippen molar-refractivity contribution >= 4 is 11.9 Å². The largest absolute Gasteiger partial charge is 0.477 e. The van der Waals surface area contributed by atoms with Crippen LogP contribution in [0.4, 0.5) is 14.7 Å². The van der Waals surface area contributed by atoms with Crippen LogP contribution >= 0.6 is 0 Å². The molecule has 1 aromatic carbocycles. The van der Waals surface area contributed by atoms with Gasteiger partial charge in [0.05, 0.1) is 12.7 Å². The van der Waals surface area contributed by atoms with E-state index in [0.29, 0.717) is 29.7 Å². The van der Waals surface area contributed by atoms with Crippen molar-refractivity contribution in [1.29, 1.82) is 0 Å². The lowest BCUT2D eigenvalue weighted by molar-refractivity contribution is -0.0494. The van der Waals surface area contributed by atoms with E-state index in [1.165, 1.54) is 6.07 Å². The number of rotatable bonds is 9. The van der Waals surface area contributed by atoms with Crippen LogP contribution in [-0.4, -0.2) is 50.8 Å². The average Bonchev–Trinajstić information content (AvgIpc) is 3.58. The minimum atomic E-state index is -2.90. The molecule has 8 nitrogen and oxygen atoms in total. The zero-order valence-electron chi connectivity index (χ0n) is 21.1. The van der Waals surface area contributed by atoms with Crippen molar-refractivity contribution in [2.75, 3.05) is 4.90 Å². The summed E-state index contributed by atoms with van der Waals surface area (Å²) >= 11 is 0. The molecular weight excluding hydrogens is 494 g/mol. The van der Waals surface area contributed by atoms with Gasteiger partial charge in [-0.25, -0.2) is 14.8 Å². The van der Waals surface area contributed by atoms with Gasteiger partial charge in [-0.2, -0.15) is 8.78 Å². The topological polar surface area (TPSA) is 101 Å². The lowest BCUT2D eigenvalue weighted by Crippen LogP contribution is -2.46. The number of hydrogen-bond donors (Lipinski definition) is 2. The highest BCUT2D eigenvalue weighted by Gasteiger charge is 2.43. The number of alkyl halides is 2. The lowest BCUT2D eigenvalue weighted by atomic mass is 9.99. The van der Waals surface area contributed by atoms with E-state index < -0.39 is 12.6 Å². The smallest absolute Gasteiger partial charge is 0.387 e. The van der Waals surface area contributed by atoms with E-state index in [4.69, 9.17) is 9.47 Å². The maximum absolute atomic E-state index is 13.1. The number of aromatic carboxylic acids is 1. The van der Waals surface area contributed by atoms with Gasteiger partial charge in [-0.15, -0.1) is 0 Å². The molecule has 3 aromatic rings. The summed E-state index contributed by atoms with van der Waals surface area (Å²) in [6.45, 7) is -0.740. The van der Waals surface area contributed by atoms with E-state index in [1.807, 2.05) is 12.3 Å². The first-order chi connectivity index (χ1) is 18.4. The van der Waals surface area contributed by atoms with E-state index in [0.717, 1.165) is 55.3 Å². The van der Waals surface area contributed by atoms with Gasteiger partial charge in [-0.1, -0.05) is 18.2 Å². The Morgan fingerprint density at radius 1 is 1.13 bits per heavy atom. The van der Waals surface area contributed by atoms with E-state index in [1.54, 1.807) is 25.1 Å². The van der Waals surface area contributed by atoms with Crippen molar-refractivity contribution in [3.8, 4) is 16.9 Å². The highest BCUT2D eigenvalue weighted by Crippen LogP contribution is 2.46. The number of benzene rings is 1. The molecule has 1 aliphatic carbocycles. The maximum Gasteiger partial charge on any atom is 0.387 e. The number of hydrogen-bond acceptors (Lipinski definition) is 6. The molecule has 10 heteroatoms. The zero-order chi connectivity index (χ0) is 26.4. The first-order valence-electron chi connectivity index (χ1n) is 13.1. The number of carboxylic acids is 1. The maximum atomic E-state index is 13.1. The van der Waals surface area contributed by atoms with Gasteiger partial charge in [0.2, 0.25) is 5.95 Å². The number of ether oxygens (including phenoxy) is 2. The number of aromatic nitrogens is 3. The fourth-order valence-corrected chi connectivity index (χ4v) is 6.06. The predicted octanol–water partition coefficient (Wildman–Crippen LogP) is 5.67. The molecule has 2 aliphatic heterocycles. The van der Waals surface area contributed by atoms with Crippen LogP contribution in [0.15, 0.2) is 36.5 Å². The Bertz CT molecular complexity index is 1330. The fourth-order valence-electron chi connectivity index (χ4n) is 6.06. The Hall–Kier alpha value is -3.53. The summed E-state index contributed by atoms with van der Waals surface area (Å²) in [6.07, 6.45) is 7.63. The molecule has 2 unspecified atom stereocenters. The minimum Gasteiger partial charge on any atom is -0.477 e. The van der Waals surface area contributed by atoms with Crippen molar-refractivity contribution in [2.45, 2.75) is 82.8 Å². The Labute approximate surface area is 219 Å². The van der Waals surface area contributed by atoms with E-state index in [-0.39, 0.29) is 29.6 Å². The number of para-hydroxylation sites is 1. The number of piperidine rings is 1. The number of H-pyrrole nitrogens is 1. The third-order valence-corrected chi connectivity index (χ3v) is 7.85. The summed E-state index contributed by atoms with van der Waals surface area (Å²) in [6, 6.07) is 8.71. The van der Waals surface area contributed by atoms with Crippen molar-refractivity contribution in [3.05, 3.63) is 59.2 Å². The van der Waals surface area contributed by atoms with Crippen LogP contribution in [0.1, 0.15) is 71.9 Å². The third kappa shape index (κ3) is 4.84. The van der Waals surface area contributed by atoms with E-state index in [9.17, 15) is 18.7 Å². The molecule has 0 amide bonds. The number of halogens is 2. The number of aromatic amines is 1. The van der Waals surface area contributed by atoms with Gasteiger partial charge in [-0.3, -0.25) is 0 Å². The van der Waals surface area contributed by atoms with E-state index >= 15 is 0 Å². The molecule has 2 atom stereocenters. The number of aryl methyl sites for hydroxylation is 1. The molecule has 200 valence electrons. The SMILES string of the molecule is Cc1cc(C(=O)O)nc(N2C3CCC2CC(OCc2c(-c4ccccc4OC(F)F)c[nH]c2C2CC2)C3)n1. The van der Waals surface area contributed by atoms with Gasteiger partial charge in [0.1, 0.15) is 5.75 Å². The molecule has 0 radical (unpaired) electrons. The standard InChI is InChI=1S/C28H30F2N4O4/c1-15-10-23(26(35)36)33-28(32-15)34-17-8-9-18(34)12-19(11-17)37-14-22-21(13-31-25(22)16-6-7-16)20-4-2-3-5-24(20)38-27(29)30/h2-5,10,13,16-19,27,31H,6-9,11-12,14H2,1H3,(H,35,36). The van der Waals surface area contributed by atoms with Gasteiger partial charge >= 0.3 is 12.6 Å². The molecule has 1 saturated carbocycles. The van der Waals surface area contributed by atoms with Gasteiger partial charge < -0.3 is 24.5 Å². The number of carboxylic acid groups (broad SMARTS) is 1. The second-order valence-corrected chi connectivity index (χ2v) is 10.4. The normalized spacial score (nSPS) is 22.7. The molecule has 2 saturated heterocycles. The van der Waals surface area contributed by atoms with Crippen molar-refractivity contribution in [2.24, 2.45) is 0 Å². The third-order valence-electron chi connectivity index (χ3n) is 7.85. The quantitative estimate of drug-likeness (QED) is 0.372. The number of nitrogens with zero attached hydrogens (tertiary/aromatic N) is 3. The van der Waals surface area contributed by atoms with Crippen LogP contribution in [0.3, 0.4) is 0 Å². The van der Waals surface area contributed by atoms with Crippen LogP contribution in [0.5, 0.6) is 5.75 Å². The number of carbonyl (C=O) groups is 1. The summed E-state index contributed by atoms with van der Waals surface area (Å²) in [7, 11) is 0. The molecule has 4 heterocycles. The van der Waals surface area contributed by atoms with Crippen LogP contribution < -0.4 is 9.64 Å². The first kappa shape index (κ1) is 24.8. The molecule has 3 aliphatic rings. The monoisotopic (exact) mass is 524 g/mol. The van der Waals surface area contributed by atoms with Crippen LogP contribution in [0, 0.1) is 6.92 Å².